The number of sulfone groups is 1. The van der Waals surface area contributed by atoms with Crippen molar-refractivity contribution >= 4 is 25.9 Å². The summed E-state index contributed by atoms with van der Waals surface area (Å²) < 4.78 is 53.8. The van der Waals surface area contributed by atoms with Crippen molar-refractivity contribution in [2.24, 2.45) is 11.7 Å². The summed E-state index contributed by atoms with van der Waals surface area (Å²) in [5.41, 5.74) is 5.17. The molecule has 1 aromatic carbocycles. The van der Waals surface area contributed by atoms with Crippen molar-refractivity contribution in [3.05, 3.63) is 41.8 Å². The van der Waals surface area contributed by atoms with Gasteiger partial charge in [-0.05, 0) is 30.5 Å². The molecule has 2 aliphatic heterocycles. The lowest BCUT2D eigenvalue weighted by Crippen LogP contribution is -2.27. The quantitative estimate of drug-likeness (QED) is 0.724. The zero-order chi connectivity index (χ0) is 20.1. The topological polar surface area (TPSA) is 141 Å². The number of nitrogens with two attached hydrogens (primary N) is 1. The zero-order valence-electron chi connectivity index (χ0n) is 14.5. The molecule has 26 heavy (non-hydrogen) atoms. The summed E-state index contributed by atoms with van der Waals surface area (Å²) in [5.74, 6) is 0.205. The van der Waals surface area contributed by atoms with Gasteiger partial charge in [0.1, 0.15) is 0 Å². The maximum atomic E-state index is 11.3. The van der Waals surface area contributed by atoms with E-state index in [2.05, 4.69) is 13.5 Å². The second-order valence-electron chi connectivity index (χ2n) is 6.08. The average molecular weight is 405 g/mol. The summed E-state index contributed by atoms with van der Waals surface area (Å²) in [7, 11) is -7.16. The average Bonchev–Trinajstić information content (AvgIpc) is 3.03. The van der Waals surface area contributed by atoms with Crippen LogP contribution in [0.15, 0.2) is 41.1 Å². The van der Waals surface area contributed by atoms with Gasteiger partial charge >= 0.3 is 0 Å². The van der Waals surface area contributed by atoms with Crippen LogP contribution in [0.4, 0.5) is 0 Å². The van der Waals surface area contributed by atoms with Crippen LogP contribution in [-0.2, 0) is 24.7 Å². The molecule has 146 valence electrons. The van der Waals surface area contributed by atoms with Crippen molar-refractivity contribution in [1.29, 1.82) is 0 Å². The maximum absolute atomic E-state index is 11.3. The number of carbonyl (C=O) groups is 1. The van der Waals surface area contributed by atoms with Crippen LogP contribution in [0.2, 0.25) is 0 Å². The lowest BCUT2D eigenvalue weighted by Gasteiger charge is -2.24. The molecule has 3 unspecified atom stereocenters. The minimum atomic E-state index is -3.67. The summed E-state index contributed by atoms with van der Waals surface area (Å²) in [4.78, 5) is 10.8. The van der Waals surface area contributed by atoms with Gasteiger partial charge in [0.2, 0.25) is 5.91 Å². The van der Waals surface area contributed by atoms with Crippen molar-refractivity contribution in [2.45, 2.75) is 36.9 Å². The van der Waals surface area contributed by atoms with E-state index in [9.17, 15) is 21.6 Å². The van der Waals surface area contributed by atoms with E-state index in [-0.39, 0.29) is 10.5 Å². The molecule has 3 aliphatic rings. The predicted octanol–water partition coefficient (Wildman–Crippen LogP) is 1.39. The van der Waals surface area contributed by atoms with Crippen molar-refractivity contribution in [3.63, 3.8) is 0 Å². The lowest BCUT2D eigenvalue weighted by molar-refractivity contribution is -0.0730. The van der Waals surface area contributed by atoms with Gasteiger partial charge in [-0.1, -0.05) is 19.6 Å². The third-order valence-corrected chi connectivity index (χ3v) is 5.15. The van der Waals surface area contributed by atoms with Gasteiger partial charge in [-0.25, -0.2) is 8.42 Å². The molecule has 4 rings (SSSR count). The molecule has 10 heteroatoms. The Balaban J connectivity index is 0.000000231. The summed E-state index contributed by atoms with van der Waals surface area (Å²) in [5, 5.41) is 0.826. The van der Waals surface area contributed by atoms with E-state index in [1.807, 2.05) is 0 Å². The van der Waals surface area contributed by atoms with E-state index in [1.165, 1.54) is 37.1 Å². The van der Waals surface area contributed by atoms with E-state index in [4.69, 9.17) is 15.0 Å². The molecule has 0 spiro atoms. The molecule has 2 bridgehead atoms. The first-order valence-corrected chi connectivity index (χ1v) is 11.1. The number of ether oxygens (including phenoxy) is 1. The molecule has 3 atom stereocenters. The van der Waals surface area contributed by atoms with Crippen LogP contribution in [0.1, 0.15) is 30.1 Å². The van der Waals surface area contributed by atoms with Gasteiger partial charge < -0.3 is 10.5 Å². The van der Waals surface area contributed by atoms with E-state index < -0.39 is 25.9 Å². The standard InChI is InChI=1S/C9H9NO3S.C6H10O.CH4O3S/c1-2-14(12,13)8-5-3-4-7(6-8)9(10)11;1-4-2-5-3-6(4)7-5;1-5(2,3)4/h2-6H,1H2,(H2,10,11);4-6H,2-3H2,1H3;1H3,(H,2,3,4). The van der Waals surface area contributed by atoms with E-state index >= 15 is 0 Å². The Morgan fingerprint density at radius 1 is 1.31 bits per heavy atom. The Morgan fingerprint density at radius 2 is 1.85 bits per heavy atom. The minimum Gasteiger partial charge on any atom is -0.374 e. The SMILES string of the molecule is C=CS(=O)(=O)c1cccc(C(N)=O)c1.CC1CC2CC1O2.CS(=O)(=O)O. The number of amides is 1. The fourth-order valence-electron chi connectivity index (χ4n) is 2.50. The van der Waals surface area contributed by atoms with Crippen molar-refractivity contribution in [3.8, 4) is 0 Å². The molecule has 2 heterocycles. The molecule has 1 amide bonds. The Bertz CT molecular complexity index is 848. The lowest BCUT2D eigenvalue weighted by atomic mass is 10.1. The molecule has 3 fully saturated rings. The first-order valence-electron chi connectivity index (χ1n) is 7.68. The molecular formula is C16H23NO7S2. The molecule has 0 aromatic heterocycles. The van der Waals surface area contributed by atoms with Gasteiger partial charge in [-0.2, -0.15) is 8.42 Å². The number of benzene rings is 1. The molecule has 2 saturated heterocycles. The second kappa shape index (κ2) is 8.76. The van der Waals surface area contributed by atoms with Gasteiger partial charge in [0, 0.05) is 17.4 Å². The number of rotatable bonds is 3. The van der Waals surface area contributed by atoms with Crippen LogP contribution in [-0.4, -0.2) is 45.8 Å². The van der Waals surface area contributed by atoms with Crippen LogP contribution in [0.3, 0.4) is 0 Å². The summed E-state index contributed by atoms with van der Waals surface area (Å²) in [6.45, 7) is 5.45. The van der Waals surface area contributed by atoms with Crippen LogP contribution >= 0.6 is 0 Å². The van der Waals surface area contributed by atoms with Crippen LogP contribution in [0.25, 0.3) is 0 Å². The van der Waals surface area contributed by atoms with Gasteiger partial charge in [-0.3, -0.25) is 9.35 Å². The monoisotopic (exact) mass is 405 g/mol. The van der Waals surface area contributed by atoms with Crippen molar-refractivity contribution in [1.82, 2.24) is 0 Å². The van der Waals surface area contributed by atoms with Gasteiger partial charge in [0.25, 0.3) is 10.1 Å². The summed E-state index contributed by atoms with van der Waals surface area (Å²) >= 11 is 0. The number of primary amides is 1. The van der Waals surface area contributed by atoms with Gasteiger partial charge in [0.05, 0.1) is 23.4 Å². The first-order chi connectivity index (χ1) is 11.8. The number of hydrogen-bond donors (Lipinski definition) is 2. The Labute approximate surface area is 153 Å². The van der Waals surface area contributed by atoms with E-state index in [0.29, 0.717) is 18.5 Å². The van der Waals surface area contributed by atoms with E-state index in [1.54, 1.807) is 0 Å². The molecule has 8 nitrogen and oxygen atoms in total. The summed E-state index contributed by atoms with van der Waals surface area (Å²) in [6.07, 6.45) is 4.71. The van der Waals surface area contributed by atoms with E-state index in [0.717, 1.165) is 11.3 Å². The predicted molar refractivity (Wildman–Crippen MR) is 96.9 cm³/mol. The minimum absolute atomic E-state index is 0.0174. The Kier molecular flexibility index (Phi) is 7.51. The normalized spacial score (nSPS) is 23.4. The summed E-state index contributed by atoms with van der Waals surface area (Å²) in [6, 6.07) is 5.50. The highest BCUT2D eigenvalue weighted by Crippen LogP contribution is 2.40. The highest BCUT2D eigenvalue weighted by Gasteiger charge is 2.42. The van der Waals surface area contributed by atoms with Crippen molar-refractivity contribution in [2.75, 3.05) is 6.26 Å². The smallest absolute Gasteiger partial charge is 0.261 e. The number of fused-ring (bicyclic) bond motifs is 1. The third-order valence-electron chi connectivity index (χ3n) is 3.80. The first kappa shape index (κ1) is 22.3. The largest absolute Gasteiger partial charge is 0.374 e. The number of carbonyl (C=O) groups excluding carboxylic acids is 1. The highest BCUT2D eigenvalue weighted by molar-refractivity contribution is 7.94. The van der Waals surface area contributed by atoms with Crippen LogP contribution < -0.4 is 5.73 Å². The molecular weight excluding hydrogens is 382 g/mol. The Hall–Kier alpha value is -1.75. The molecule has 1 aliphatic carbocycles. The fourth-order valence-corrected chi connectivity index (χ4v) is 3.25. The molecule has 1 aromatic rings. The molecule has 1 saturated carbocycles. The second-order valence-corrected chi connectivity index (χ2v) is 9.44. The van der Waals surface area contributed by atoms with Crippen LogP contribution in [0.5, 0.6) is 0 Å². The van der Waals surface area contributed by atoms with Crippen molar-refractivity contribution < 1.29 is 30.9 Å². The zero-order valence-corrected chi connectivity index (χ0v) is 16.2. The molecule has 0 radical (unpaired) electrons. The Morgan fingerprint density at radius 3 is 2.15 bits per heavy atom. The van der Waals surface area contributed by atoms with Crippen LogP contribution in [0, 0.1) is 5.92 Å². The van der Waals surface area contributed by atoms with Gasteiger partial charge in [-0.15, -0.1) is 0 Å². The fraction of sp³-hybridized carbons (Fsp3) is 0.438. The number of hydrogen-bond acceptors (Lipinski definition) is 6. The molecule has 3 N–H and O–H groups in total. The van der Waals surface area contributed by atoms with Gasteiger partial charge in [0.15, 0.2) is 9.84 Å². The third kappa shape index (κ3) is 7.24. The highest BCUT2D eigenvalue weighted by atomic mass is 32.2. The maximum Gasteiger partial charge on any atom is 0.261 e.